The maximum absolute atomic E-state index is 6.01. The fraction of sp³-hybridized carbons (Fsp3) is 1.00. The molecule has 11 heavy (non-hydrogen) atoms. The van der Waals surface area contributed by atoms with Gasteiger partial charge in [-0.3, -0.25) is 0 Å². The summed E-state index contributed by atoms with van der Waals surface area (Å²) in [5, 5.41) is -0.231. The highest BCUT2D eigenvalue weighted by molar-refractivity contribution is 14.2. The summed E-state index contributed by atoms with van der Waals surface area (Å²) < 4.78 is 0.285. The van der Waals surface area contributed by atoms with E-state index < -0.39 is 4.84 Å². The Hall–Kier alpha value is 3.79. The van der Waals surface area contributed by atoms with Crippen molar-refractivity contribution in [2.45, 2.75) is 13.6 Å². The largest absolute Gasteiger partial charge is 0.126 e. The van der Waals surface area contributed by atoms with Gasteiger partial charge in [-0.25, -0.2) is 0 Å². The molecule has 0 N–H and O–H groups in total. The lowest BCUT2D eigenvalue weighted by molar-refractivity contribution is 0.903. The van der Waals surface area contributed by atoms with E-state index in [-0.39, 0.29) is 6.81 Å². The van der Waals surface area contributed by atoms with E-state index in [9.17, 15) is 0 Å². The van der Waals surface area contributed by atoms with Gasteiger partial charge in [0.25, 0.3) is 0 Å². The molecule has 68 valence electrons. The Morgan fingerprint density at radius 1 is 1.00 bits per heavy atom. The van der Waals surface area contributed by atoms with Crippen LogP contribution in [-0.4, -0.2) is 13.6 Å². The Morgan fingerprint density at radius 2 is 1.36 bits per heavy atom. The molecule has 0 saturated heterocycles. The molecule has 0 bridgehead atoms. The molecule has 0 spiro atoms. The zero-order valence-corrected chi connectivity index (χ0v) is 15.8. The fourth-order valence-electron chi connectivity index (χ4n) is 0.288. The summed E-state index contributed by atoms with van der Waals surface area (Å²) in [6.45, 7) is 0. The molecule has 1 atom stereocenters. The van der Waals surface area contributed by atoms with Crippen LogP contribution in [0.3, 0.4) is 0 Å². The van der Waals surface area contributed by atoms with Gasteiger partial charge in [0.05, 0.1) is 7.31 Å². The van der Waals surface area contributed by atoms with Crippen molar-refractivity contribution in [3.63, 3.8) is 0 Å². The van der Waals surface area contributed by atoms with Crippen LogP contribution >= 0.6 is 125 Å². The molecule has 0 aliphatic heterocycles. The third kappa shape index (κ3) is 4.89. The predicted molar refractivity (Wildman–Crippen MR) is 87.7 cm³/mol. The Bertz CT molecular complexity index is 127. The van der Waals surface area contributed by atoms with Gasteiger partial charge in [0.15, 0.2) is 0 Å². The van der Waals surface area contributed by atoms with Crippen LogP contribution < -0.4 is 0 Å². The van der Waals surface area contributed by atoms with E-state index in [1.165, 1.54) is 0 Å². The molecule has 0 heterocycles. The summed E-state index contributed by atoms with van der Waals surface area (Å²) in [5.74, 6) is 0. The van der Waals surface area contributed by atoms with Gasteiger partial charge in [-0.2, -0.15) is 0 Å². The fourth-order valence-corrected chi connectivity index (χ4v) is 3.58. The Kier molecular flexibility index (Phi) is 8.59. The Labute approximate surface area is 136 Å². The lowest BCUT2D eigenvalue weighted by atomic mass is 10.4. The number of alkyl halides is 7. The van der Waals surface area contributed by atoms with Crippen LogP contribution in [0.5, 0.6) is 0 Å². The van der Waals surface area contributed by atoms with Gasteiger partial charge >= 0.3 is 0 Å². The second kappa shape index (κ2) is 6.39. The molecule has 0 fully saturated rings. The van der Waals surface area contributed by atoms with E-state index in [0.717, 1.165) is 0 Å². The van der Waals surface area contributed by atoms with Crippen LogP contribution in [0.1, 0.15) is 0 Å². The van der Waals surface area contributed by atoms with Crippen LogP contribution in [0, 0.1) is 0 Å². The third-order valence-electron chi connectivity index (χ3n) is 0.880. The van der Waals surface area contributed by atoms with Gasteiger partial charge in [0.1, 0.15) is 6.26 Å². The molecule has 0 aromatic carbocycles. The second-order valence-corrected chi connectivity index (χ2v) is 13.9. The van der Waals surface area contributed by atoms with Crippen molar-refractivity contribution >= 4 is 125 Å². The summed E-state index contributed by atoms with van der Waals surface area (Å²) in [4.78, 5) is -0.516. The molecule has 0 aromatic heterocycles. The molecule has 0 rings (SSSR count). The second-order valence-electron chi connectivity index (χ2n) is 1.71. The summed E-state index contributed by atoms with van der Waals surface area (Å²) in [6, 6.07) is 0. The molecular weight excluding hydrogens is 662 g/mol. The van der Waals surface area contributed by atoms with Crippen molar-refractivity contribution in [3.05, 3.63) is 0 Å². The lowest BCUT2D eigenvalue weighted by Crippen LogP contribution is -2.35. The molecule has 7 heteroatoms. The molecule has 0 aromatic rings. The van der Waals surface area contributed by atoms with E-state index in [0.29, 0.717) is 1.93 Å². The van der Waals surface area contributed by atoms with Crippen LogP contribution in [0.4, 0.5) is 0 Å². The molecule has 0 radical (unpaired) electrons. The number of hydrogen-bond acceptors (Lipinski definition) is 0. The van der Waals surface area contributed by atoms with Crippen LogP contribution in [-0.2, 0) is 0 Å². The smallest absolute Gasteiger partial charge is 0.118 e. The standard InChI is InChI=1S/C4H3Cl3I4/c5-1(2(6)7)4(10,11)3(8)9/h1-3H. The first-order valence-electron chi connectivity index (χ1n) is 2.38. The first-order chi connectivity index (χ1) is 4.80. The maximum Gasteiger partial charge on any atom is 0.126 e. The Balaban J connectivity index is 4.29. The Morgan fingerprint density at radius 3 is 1.45 bits per heavy atom. The van der Waals surface area contributed by atoms with Crippen molar-refractivity contribution in [2.75, 3.05) is 0 Å². The first kappa shape index (κ1) is 14.8. The quantitative estimate of drug-likeness (QED) is 0.289. The summed E-state index contributed by atoms with van der Waals surface area (Å²) in [7, 11) is 0. The highest BCUT2D eigenvalue weighted by atomic mass is 127. The predicted octanol–water partition coefficient (Wildman–Crippen LogP) is 5.16. The average molecular weight is 665 g/mol. The summed E-state index contributed by atoms with van der Waals surface area (Å²) >= 11 is 26.5. The van der Waals surface area contributed by atoms with Crippen molar-refractivity contribution in [2.24, 2.45) is 0 Å². The van der Waals surface area contributed by atoms with Gasteiger partial charge in [-0.1, -0.05) is 90.4 Å². The zero-order valence-electron chi connectivity index (χ0n) is 4.88. The van der Waals surface area contributed by atoms with Crippen LogP contribution in [0.2, 0.25) is 0 Å². The monoisotopic (exact) mass is 664 g/mol. The van der Waals surface area contributed by atoms with Gasteiger partial charge < -0.3 is 0 Å². The van der Waals surface area contributed by atoms with Crippen molar-refractivity contribution < 1.29 is 0 Å². The third-order valence-corrected chi connectivity index (χ3v) is 12.3. The number of rotatable bonds is 3. The van der Waals surface area contributed by atoms with Gasteiger partial charge in [0.2, 0.25) is 0 Å². The van der Waals surface area contributed by atoms with E-state index >= 15 is 0 Å². The highest BCUT2D eigenvalue weighted by Gasteiger charge is 2.41. The molecule has 0 aliphatic carbocycles. The van der Waals surface area contributed by atoms with E-state index in [1.54, 1.807) is 0 Å². The van der Waals surface area contributed by atoms with E-state index in [2.05, 4.69) is 90.4 Å². The molecule has 0 saturated carbocycles. The van der Waals surface area contributed by atoms with Gasteiger partial charge in [0, 0.05) is 0 Å². The van der Waals surface area contributed by atoms with Crippen LogP contribution in [0.25, 0.3) is 0 Å². The highest BCUT2D eigenvalue weighted by Crippen LogP contribution is 2.47. The minimum absolute atomic E-state index is 0.105. The molecule has 1 unspecified atom stereocenters. The first-order valence-corrected chi connectivity index (χ1v) is 8.34. The maximum atomic E-state index is 6.01. The lowest BCUT2D eigenvalue weighted by Gasteiger charge is -2.28. The van der Waals surface area contributed by atoms with Crippen molar-refractivity contribution in [1.82, 2.24) is 0 Å². The number of halogens is 7. The minimum atomic E-state index is -0.516. The van der Waals surface area contributed by atoms with E-state index in [4.69, 9.17) is 34.8 Å². The number of hydrogen-bond donors (Lipinski definition) is 0. The molecular formula is C4H3Cl3I4. The topological polar surface area (TPSA) is 0 Å². The SMILES string of the molecule is ClC(Cl)C(Cl)C(I)(I)C(I)I. The molecule has 0 aliphatic rings. The minimum Gasteiger partial charge on any atom is -0.118 e. The average Bonchev–Trinajstić information content (AvgIpc) is 1.85. The summed E-state index contributed by atoms with van der Waals surface area (Å²) in [5.41, 5.74) is 0. The van der Waals surface area contributed by atoms with Crippen molar-refractivity contribution in [3.8, 4) is 0 Å². The molecule has 0 amide bonds. The van der Waals surface area contributed by atoms with Crippen LogP contribution in [0.15, 0.2) is 0 Å². The zero-order chi connectivity index (χ0) is 9.23. The van der Waals surface area contributed by atoms with Gasteiger partial charge in [-0.15, -0.1) is 34.8 Å². The van der Waals surface area contributed by atoms with E-state index in [1.807, 2.05) is 0 Å². The normalized spacial score (nSPS) is 16.1. The van der Waals surface area contributed by atoms with Crippen molar-refractivity contribution in [1.29, 1.82) is 0 Å². The van der Waals surface area contributed by atoms with Gasteiger partial charge in [-0.05, 0) is 0 Å². The summed E-state index contributed by atoms with van der Waals surface area (Å²) in [6.07, 6.45) is 0. The molecule has 0 nitrogen and oxygen atoms in total.